The van der Waals surface area contributed by atoms with E-state index in [9.17, 15) is 9.59 Å². The molecule has 0 aromatic heterocycles. The molecular formula is C10H20Cl2N4O2. The molecule has 1 aliphatic heterocycles. The van der Waals surface area contributed by atoms with Gasteiger partial charge in [-0.2, -0.15) is 0 Å². The summed E-state index contributed by atoms with van der Waals surface area (Å²) in [5, 5.41) is 7.94. The van der Waals surface area contributed by atoms with Crippen molar-refractivity contribution in [3.05, 3.63) is 12.7 Å². The first-order valence-electron chi connectivity index (χ1n) is 5.34. The number of amides is 3. The van der Waals surface area contributed by atoms with Crippen molar-refractivity contribution < 1.29 is 9.59 Å². The maximum absolute atomic E-state index is 11.4. The van der Waals surface area contributed by atoms with Gasteiger partial charge in [0, 0.05) is 32.7 Å². The number of nitrogens with zero attached hydrogens (tertiary/aromatic N) is 1. The molecule has 0 aromatic carbocycles. The van der Waals surface area contributed by atoms with Crippen LogP contribution in [0.1, 0.15) is 0 Å². The summed E-state index contributed by atoms with van der Waals surface area (Å²) in [6.45, 7) is 7.52. The number of imide groups is 1. The van der Waals surface area contributed by atoms with E-state index >= 15 is 0 Å². The van der Waals surface area contributed by atoms with E-state index in [4.69, 9.17) is 0 Å². The van der Waals surface area contributed by atoms with Crippen LogP contribution in [0.5, 0.6) is 0 Å². The Morgan fingerprint density at radius 2 is 1.89 bits per heavy atom. The monoisotopic (exact) mass is 298 g/mol. The van der Waals surface area contributed by atoms with Crippen molar-refractivity contribution in [1.82, 2.24) is 20.9 Å². The number of nitrogens with one attached hydrogen (secondary N) is 3. The number of piperazine rings is 1. The van der Waals surface area contributed by atoms with Crippen LogP contribution in [0.15, 0.2) is 12.7 Å². The van der Waals surface area contributed by atoms with Crippen LogP contribution in [0.25, 0.3) is 0 Å². The van der Waals surface area contributed by atoms with Crippen LogP contribution in [0, 0.1) is 0 Å². The third kappa shape index (κ3) is 8.30. The number of carbonyl (C=O) groups is 2. The van der Waals surface area contributed by atoms with Gasteiger partial charge in [-0.1, -0.05) is 6.08 Å². The Morgan fingerprint density at radius 1 is 1.28 bits per heavy atom. The number of rotatable bonds is 4. The maximum Gasteiger partial charge on any atom is 0.321 e. The molecule has 3 amide bonds. The van der Waals surface area contributed by atoms with Crippen LogP contribution in [-0.2, 0) is 4.79 Å². The number of urea groups is 1. The van der Waals surface area contributed by atoms with Crippen molar-refractivity contribution in [3.63, 3.8) is 0 Å². The Balaban J connectivity index is 0. The molecule has 8 heteroatoms. The van der Waals surface area contributed by atoms with E-state index in [-0.39, 0.29) is 37.3 Å². The van der Waals surface area contributed by atoms with Crippen molar-refractivity contribution in [2.45, 2.75) is 0 Å². The molecule has 1 saturated heterocycles. The molecule has 0 spiro atoms. The Morgan fingerprint density at radius 3 is 2.44 bits per heavy atom. The van der Waals surface area contributed by atoms with E-state index in [1.165, 1.54) is 0 Å². The predicted octanol–water partition coefficient (Wildman–Crippen LogP) is -0.253. The summed E-state index contributed by atoms with van der Waals surface area (Å²) < 4.78 is 0. The Kier molecular flexibility index (Phi) is 12.2. The largest absolute Gasteiger partial charge is 0.334 e. The van der Waals surface area contributed by atoms with E-state index < -0.39 is 6.03 Å². The van der Waals surface area contributed by atoms with Gasteiger partial charge in [-0.25, -0.2) is 4.79 Å². The van der Waals surface area contributed by atoms with Crippen molar-refractivity contribution in [2.24, 2.45) is 0 Å². The molecule has 1 rings (SSSR count). The first-order valence-corrected chi connectivity index (χ1v) is 5.34. The summed E-state index contributed by atoms with van der Waals surface area (Å²) in [5.74, 6) is -0.275. The van der Waals surface area contributed by atoms with Gasteiger partial charge in [-0.3, -0.25) is 15.0 Å². The molecule has 18 heavy (non-hydrogen) atoms. The number of halogens is 2. The lowest BCUT2D eigenvalue weighted by atomic mass is 10.3. The Bertz CT molecular complexity index is 271. The van der Waals surface area contributed by atoms with Gasteiger partial charge in [0.1, 0.15) is 0 Å². The molecule has 0 aliphatic carbocycles. The fraction of sp³-hybridized carbons (Fsp3) is 0.600. The topological polar surface area (TPSA) is 73.5 Å². The summed E-state index contributed by atoms with van der Waals surface area (Å²) >= 11 is 0. The van der Waals surface area contributed by atoms with Crippen molar-refractivity contribution >= 4 is 36.8 Å². The zero-order chi connectivity index (χ0) is 11.8. The van der Waals surface area contributed by atoms with E-state index in [2.05, 4.69) is 22.5 Å². The van der Waals surface area contributed by atoms with E-state index in [0.29, 0.717) is 6.54 Å². The van der Waals surface area contributed by atoms with Gasteiger partial charge in [-0.15, -0.1) is 31.4 Å². The number of hydrogen-bond acceptors (Lipinski definition) is 4. The summed E-state index contributed by atoms with van der Waals surface area (Å²) in [5.41, 5.74) is 0. The van der Waals surface area contributed by atoms with Crippen LogP contribution in [0.4, 0.5) is 4.79 Å². The lowest BCUT2D eigenvalue weighted by Crippen LogP contribution is -2.49. The van der Waals surface area contributed by atoms with Crippen LogP contribution in [-0.4, -0.2) is 56.1 Å². The van der Waals surface area contributed by atoms with E-state index in [0.717, 1.165) is 26.2 Å². The highest BCUT2D eigenvalue weighted by Crippen LogP contribution is 1.90. The van der Waals surface area contributed by atoms with Gasteiger partial charge >= 0.3 is 6.03 Å². The molecule has 3 N–H and O–H groups in total. The average Bonchev–Trinajstić information content (AvgIpc) is 2.27. The fourth-order valence-corrected chi connectivity index (χ4v) is 1.45. The van der Waals surface area contributed by atoms with Gasteiger partial charge in [0.05, 0.1) is 6.54 Å². The molecule has 1 fully saturated rings. The van der Waals surface area contributed by atoms with Crippen molar-refractivity contribution in [3.8, 4) is 0 Å². The zero-order valence-electron chi connectivity index (χ0n) is 10.1. The number of carbonyl (C=O) groups excluding carboxylic acids is 2. The molecule has 0 bridgehead atoms. The quantitative estimate of drug-likeness (QED) is 0.626. The third-order valence-electron chi connectivity index (χ3n) is 2.24. The van der Waals surface area contributed by atoms with Gasteiger partial charge in [0.15, 0.2) is 0 Å². The third-order valence-corrected chi connectivity index (χ3v) is 2.24. The second-order valence-electron chi connectivity index (χ2n) is 3.57. The van der Waals surface area contributed by atoms with E-state index in [1.807, 2.05) is 4.90 Å². The highest BCUT2D eigenvalue weighted by atomic mass is 35.5. The minimum Gasteiger partial charge on any atom is -0.334 e. The van der Waals surface area contributed by atoms with Crippen LogP contribution < -0.4 is 16.0 Å². The average molecular weight is 299 g/mol. The second-order valence-corrected chi connectivity index (χ2v) is 3.57. The summed E-state index contributed by atoms with van der Waals surface area (Å²) in [7, 11) is 0. The van der Waals surface area contributed by atoms with Crippen LogP contribution in [0.3, 0.4) is 0 Å². The normalized spacial score (nSPS) is 14.7. The highest BCUT2D eigenvalue weighted by Gasteiger charge is 2.14. The minimum atomic E-state index is -0.472. The molecule has 1 heterocycles. The second kappa shape index (κ2) is 11.3. The molecule has 0 saturated carbocycles. The molecule has 106 valence electrons. The zero-order valence-corrected chi connectivity index (χ0v) is 11.7. The fourth-order valence-electron chi connectivity index (χ4n) is 1.45. The molecule has 1 aliphatic rings. The van der Waals surface area contributed by atoms with Gasteiger partial charge < -0.3 is 10.6 Å². The lowest BCUT2D eigenvalue weighted by molar-refractivity contribution is -0.121. The Hall–Kier alpha value is -0.820. The van der Waals surface area contributed by atoms with Crippen LogP contribution in [0.2, 0.25) is 0 Å². The maximum atomic E-state index is 11.4. The molecule has 6 nitrogen and oxygen atoms in total. The SMILES string of the molecule is C=CCNC(=O)NC(=O)CN1CCNCC1.Cl.Cl. The van der Waals surface area contributed by atoms with Gasteiger partial charge in [-0.05, 0) is 0 Å². The smallest absolute Gasteiger partial charge is 0.321 e. The van der Waals surface area contributed by atoms with Crippen molar-refractivity contribution in [1.29, 1.82) is 0 Å². The first-order chi connectivity index (χ1) is 7.72. The molecule has 0 aromatic rings. The van der Waals surface area contributed by atoms with Gasteiger partial charge in [0.25, 0.3) is 0 Å². The molecule has 0 unspecified atom stereocenters. The Labute approximate surface area is 119 Å². The standard InChI is InChI=1S/C10H18N4O2.2ClH/c1-2-3-12-10(16)13-9(15)8-14-6-4-11-5-7-14;;/h2,11H,1,3-8H2,(H2,12,13,15,16);2*1H. The van der Waals surface area contributed by atoms with Crippen molar-refractivity contribution in [2.75, 3.05) is 39.3 Å². The lowest BCUT2D eigenvalue weighted by Gasteiger charge is -2.26. The van der Waals surface area contributed by atoms with Crippen LogP contribution >= 0.6 is 24.8 Å². The molecular weight excluding hydrogens is 279 g/mol. The molecule has 0 atom stereocenters. The highest BCUT2D eigenvalue weighted by molar-refractivity contribution is 5.95. The molecule has 0 radical (unpaired) electrons. The van der Waals surface area contributed by atoms with Gasteiger partial charge in [0.2, 0.25) is 5.91 Å². The summed E-state index contributed by atoms with van der Waals surface area (Å²) in [6.07, 6.45) is 1.56. The summed E-state index contributed by atoms with van der Waals surface area (Å²) in [6, 6.07) is -0.472. The predicted molar refractivity (Wildman–Crippen MR) is 75.5 cm³/mol. The summed E-state index contributed by atoms with van der Waals surface area (Å²) in [4.78, 5) is 24.6. The first kappa shape index (κ1) is 19.5. The number of hydrogen-bond donors (Lipinski definition) is 3. The minimum absolute atomic E-state index is 0. The van der Waals surface area contributed by atoms with E-state index in [1.54, 1.807) is 6.08 Å².